The van der Waals surface area contributed by atoms with Crippen molar-refractivity contribution in [3.05, 3.63) is 48.0 Å². The number of hydrogen-bond acceptors (Lipinski definition) is 2. The zero-order chi connectivity index (χ0) is 14.0. The molecule has 0 aromatic heterocycles. The molecule has 2 rings (SSSR count). The van der Waals surface area contributed by atoms with Crippen LogP contribution in [-0.2, 0) is 10.2 Å². The minimum atomic E-state index is -0.672. The summed E-state index contributed by atoms with van der Waals surface area (Å²) in [5.41, 5.74) is 0.854. The minimum absolute atomic E-state index is 0.00112. The van der Waals surface area contributed by atoms with E-state index in [-0.39, 0.29) is 18.0 Å². The maximum atomic E-state index is 12.4. The van der Waals surface area contributed by atoms with Gasteiger partial charge in [-0.1, -0.05) is 44.2 Å². The van der Waals surface area contributed by atoms with Gasteiger partial charge in [0.2, 0.25) is 0 Å². The zero-order valence-electron chi connectivity index (χ0n) is 11.6. The Kier molecular flexibility index (Phi) is 3.70. The second-order valence-electron chi connectivity index (χ2n) is 5.68. The summed E-state index contributed by atoms with van der Waals surface area (Å²) in [6.07, 6.45) is 3.42. The standard InChI is InChI=1S/C17H20O2/c1-4-17(10-9-12(2)3)14-8-6-5-7-13(14)15(18)11-16(17)19/h4-8,12H,1,9-11H2,2-3H3. The number of hydrogen-bond donors (Lipinski definition) is 0. The molecular weight excluding hydrogens is 236 g/mol. The molecule has 0 saturated carbocycles. The summed E-state index contributed by atoms with van der Waals surface area (Å²) in [7, 11) is 0. The Hall–Kier alpha value is -1.70. The molecule has 1 aliphatic rings. The highest BCUT2D eigenvalue weighted by Crippen LogP contribution is 2.40. The Morgan fingerprint density at radius 1 is 1.32 bits per heavy atom. The Bertz CT molecular complexity index is 528. The molecule has 1 aromatic carbocycles. The number of rotatable bonds is 4. The molecule has 0 radical (unpaired) electrons. The van der Waals surface area contributed by atoms with Crippen LogP contribution in [0.5, 0.6) is 0 Å². The molecule has 0 fully saturated rings. The molecule has 0 bridgehead atoms. The molecule has 0 saturated heterocycles. The normalized spacial score (nSPS) is 22.5. The zero-order valence-corrected chi connectivity index (χ0v) is 11.6. The van der Waals surface area contributed by atoms with Gasteiger partial charge in [0.1, 0.15) is 0 Å². The van der Waals surface area contributed by atoms with Crippen molar-refractivity contribution in [2.24, 2.45) is 5.92 Å². The van der Waals surface area contributed by atoms with Crippen molar-refractivity contribution >= 4 is 11.6 Å². The molecular formula is C17H20O2. The highest BCUT2D eigenvalue weighted by molar-refractivity contribution is 6.16. The molecule has 100 valence electrons. The summed E-state index contributed by atoms with van der Waals surface area (Å²) < 4.78 is 0. The topological polar surface area (TPSA) is 34.1 Å². The third-order valence-corrected chi connectivity index (χ3v) is 3.99. The highest BCUT2D eigenvalue weighted by atomic mass is 16.2. The number of fused-ring (bicyclic) bond motifs is 1. The Balaban J connectivity index is 2.52. The maximum Gasteiger partial charge on any atom is 0.170 e. The smallest absolute Gasteiger partial charge is 0.170 e. The second kappa shape index (κ2) is 5.12. The minimum Gasteiger partial charge on any atom is -0.298 e. The third-order valence-electron chi connectivity index (χ3n) is 3.99. The van der Waals surface area contributed by atoms with Gasteiger partial charge in [0, 0.05) is 5.56 Å². The van der Waals surface area contributed by atoms with Gasteiger partial charge in [-0.15, -0.1) is 6.58 Å². The summed E-state index contributed by atoms with van der Waals surface area (Å²) in [4.78, 5) is 24.4. The SMILES string of the molecule is C=CC1(CCC(C)C)C(=O)CC(=O)c2ccccc21. The fourth-order valence-electron chi connectivity index (χ4n) is 2.78. The number of Topliss-reactive ketones (excluding diaryl/α,β-unsaturated/α-hetero) is 2. The summed E-state index contributed by atoms with van der Waals surface area (Å²) in [6.45, 7) is 8.16. The van der Waals surface area contributed by atoms with E-state index in [1.807, 2.05) is 24.3 Å². The van der Waals surface area contributed by atoms with Gasteiger partial charge in [-0.25, -0.2) is 0 Å². The molecule has 1 aromatic rings. The van der Waals surface area contributed by atoms with Crippen LogP contribution in [0.3, 0.4) is 0 Å². The van der Waals surface area contributed by atoms with Gasteiger partial charge in [0.15, 0.2) is 11.6 Å². The number of carbonyl (C=O) groups excluding carboxylic acids is 2. The predicted octanol–water partition coefficient (Wildman–Crippen LogP) is 3.70. The molecule has 2 nitrogen and oxygen atoms in total. The summed E-state index contributed by atoms with van der Waals surface area (Å²) >= 11 is 0. The maximum absolute atomic E-state index is 12.4. The lowest BCUT2D eigenvalue weighted by Gasteiger charge is -2.35. The van der Waals surface area contributed by atoms with Gasteiger partial charge in [-0.2, -0.15) is 0 Å². The molecule has 19 heavy (non-hydrogen) atoms. The first-order chi connectivity index (χ1) is 9.01. The van der Waals surface area contributed by atoms with Crippen molar-refractivity contribution in [2.75, 3.05) is 0 Å². The predicted molar refractivity (Wildman–Crippen MR) is 76.3 cm³/mol. The fraction of sp³-hybridized carbons (Fsp3) is 0.412. The molecule has 0 spiro atoms. The van der Waals surface area contributed by atoms with Crippen LogP contribution >= 0.6 is 0 Å². The molecule has 0 amide bonds. The molecule has 2 heteroatoms. The number of allylic oxidation sites excluding steroid dienone is 1. The van der Waals surface area contributed by atoms with Crippen molar-refractivity contribution < 1.29 is 9.59 Å². The lowest BCUT2D eigenvalue weighted by atomic mass is 9.66. The van der Waals surface area contributed by atoms with Crippen LogP contribution in [0.4, 0.5) is 0 Å². The number of carbonyl (C=O) groups is 2. The first-order valence-corrected chi connectivity index (χ1v) is 6.81. The Morgan fingerprint density at radius 3 is 2.63 bits per heavy atom. The first-order valence-electron chi connectivity index (χ1n) is 6.81. The van der Waals surface area contributed by atoms with Crippen LogP contribution in [0, 0.1) is 5.92 Å². The van der Waals surface area contributed by atoms with Gasteiger partial charge in [-0.05, 0) is 24.3 Å². The summed E-state index contributed by atoms with van der Waals surface area (Å²) in [5, 5.41) is 0. The number of benzene rings is 1. The van der Waals surface area contributed by atoms with Gasteiger partial charge in [-0.3, -0.25) is 9.59 Å². The van der Waals surface area contributed by atoms with Crippen LogP contribution in [0.25, 0.3) is 0 Å². The van der Waals surface area contributed by atoms with Gasteiger partial charge < -0.3 is 0 Å². The van der Waals surface area contributed by atoms with Crippen LogP contribution in [-0.4, -0.2) is 11.6 Å². The van der Waals surface area contributed by atoms with E-state index in [9.17, 15) is 9.59 Å². The van der Waals surface area contributed by atoms with E-state index in [1.165, 1.54) is 0 Å². The average molecular weight is 256 g/mol. The van der Waals surface area contributed by atoms with Crippen LogP contribution in [0.15, 0.2) is 36.9 Å². The van der Waals surface area contributed by atoms with E-state index in [0.29, 0.717) is 11.5 Å². The quantitative estimate of drug-likeness (QED) is 0.608. The van der Waals surface area contributed by atoms with E-state index in [0.717, 1.165) is 18.4 Å². The van der Waals surface area contributed by atoms with Crippen LogP contribution < -0.4 is 0 Å². The van der Waals surface area contributed by atoms with Gasteiger partial charge in [0.05, 0.1) is 11.8 Å². The molecule has 1 aliphatic carbocycles. The van der Waals surface area contributed by atoms with E-state index in [1.54, 1.807) is 6.08 Å². The first kappa shape index (κ1) is 13.7. The second-order valence-corrected chi connectivity index (χ2v) is 5.68. The average Bonchev–Trinajstić information content (AvgIpc) is 2.39. The fourth-order valence-corrected chi connectivity index (χ4v) is 2.78. The summed E-state index contributed by atoms with van der Waals surface area (Å²) in [5.74, 6) is 0.448. The van der Waals surface area contributed by atoms with Crippen LogP contribution in [0.2, 0.25) is 0 Å². The molecule has 1 atom stereocenters. The lowest BCUT2D eigenvalue weighted by Crippen LogP contribution is -2.40. The Labute approximate surface area is 114 Å². The molecule has 0 N–H and O–H groups in total. The van der Waals surface area contributed by atoms with Crippen molar-refractivity contribution in [3.63, 3.8) is 0 Å². The monoisotopic (exact) mass is 256 g/mol. The molecule has 1 unspecified atom stereocenters. The molecule has 0 heterocycles. The van der Waals surface area contributed by atoms with Crippen molar-refractivity contribution in [3.8, 4) is 0 Å². The van der Waals surface area contributed by atoms with E-state index in [2.05, 4.69) is 20.4 Å². The van der Waals surface area contributed by atoms with E-state index < -0.39 is 5.41 Å². The van der Waals surface area contributed by atoms with E-state index >= 15 is 0 Å². The van der Waals surface area contributed by atoms with Crippen molar-refractivity contribution in [2.45, 2.75) is 38.5 Å². The van der Waals surface area contributed by atoms with Crippen molar-refractivity contribution in [1.82, 2.24) is 0 Å². The van der Waals surface area contributed by atoms with Gasteiger partial charge in [0.25, 0.3) is 0 Å². The van der Waals surface area contributed by atoms with Gasteiger partial charge >= 0.3 is 0 Å². The molecule has 0 aliphatic heterocycles. The number of ketones is 2. The third kappa shape index (κ3) is 2.27. The highest BCUT2D eigenvalue weighted by Gasteiger charge is 2.43. The Morgan fingerprint density at radius 2 is 2.00 bits per heavy atom. The summed E-state index contributed by atoms with van der Waals surface area (Å²) in [6, 6.07) is 7.45. The van der Waals surface area contributed by atoms with E-state index in [4.69, 9.17) is 0 Å². The van der Waals surface area contributed by atoms with Crippen molar-refractivity contribution in [1.29, 1.82) is 0 Å². The largest absolute Gasteiger partial charge is 0.298 e. The lowest BCUT2D eigenvalue weighted by molar-refractivity contribution is -0.122. The van der Waals surface area contributed by atoms with Crippen LogP contribution in [0.1, 0.15) is 49.0 Å².